The largest absolute Gasteiger partial charge is 0.493 e. The number of benzene rings is 1. The van der Waals surface area contributed by atoms with E-state index in [9.17, 15) is 0 Å². The summed E-state index contributed by atoms with van der Waals surface area (Å²) in [6.07, 6.45) is 2.67. The van der Waals surface area contributed by atoms with Crippen LogP contribution in [0, 0.1) is 5.92 Å². The quantitative estimate of drug-likeness (QED) is 0.360. The SMILES string of the molecule is CN=C(NCCN1CCCC(C)C1)NCc1ccc(OC)c(OC)c1.I. The van der Waals surface area contributed by atoms with E-state index in [-0.39, 0.29) is 24.0 Å². The summed E-state index contributed by atoms with van der Waals surface area (Å²) in [5, 5.41) is 6.74. The van der Waals surface area contributed by atoms with Gasteiger partial charge in [-0.1, -0.05) is 13.0 Å². The lowest BCUT2D eigenvalue weighted by Gasteiger charge is -2.30. The van der Waals surface area contributed by atoms with Gasteiger partial charge < -0.3 is 25.0 Å². The second-order valence-electron chi connectivity index (χ2n) is 6.59. The zero-order valence-electron chi connectivity index (χ0n) is 16.4. The molecule has 26 heavy (non-hydrogen) atoms. The summed E-state index contributed by atoms with van der Waals surface area (Å²) in [6.45, 7) is 7.40. The van der Waals surface area contributed by atoms with Gasteiger partial charge in [0.05, 0.1) is 14.2 Å². The van der Waals surface area contributed by atoms with E-state index >= 15 is 0 Å². The monoisotopic (exact) mass is 476 g/mol. The molecule has 0 aliphatic carbocycles. The molecular formula is C19H33IN4O2. The van der Waals surface area contributed by atoms with Crippen LogP contribution in [0.3, 0.4) is 0 Å². The molecule has 7 heteroatoms. The molecular weight excluding hydrogens is 443 g/mol. The molecule has 1 aromatic rings. The van der Waals surface area contributed by atoms with Gasteiger partial charge in [0.15, 0.2) is 17.5 Å². The zero-order valence-corrected chi connectivity index (χ0v) is 18.7. The number of nitrogens with zero attached hydrogens (tertiary/aromatic N) is 2. The zero-order chi connectivity index (χ0) is 18.1. The van der Waals surface area contributed by atoms with E-state index < -0.39 is 0 Å². The molecule has 0 spiro atoms. The number of piperidine rings is 1. The van der Waals surface area contributed by atoms with Crippen molar-refractivity contribution in [3.63, 3.8) is 0 Å². The van der Waals surface area contributed by atoms with Gasteiger partial charge in [0.1, 0.15) is 0 Å². The maximum atomic E-state index is 5.35. The molecule has 1 aliphatic heterocycles. The van der Waals surface area contributed by atoms with Crippen LogP contribution in [0.2, 0.25) is 0 Å². The van der Waals surface area contributed by atoms with Crippen LogP contribution < -0.4 is 20.1 Å². The van der Waals surface area contributed by atoms with Crippen LogP contribution in [-0.4, -0.2) is 58.3 Å². The average molecular weight is 476 g/mol. The van der Waals surface area contributed by atoms with Crippen LogP contribution in [0.1, 0.15) is 25.3 Å². The van der Waals surface area contributed by atoms with E-state index in [0.717, 1.165) is 42.0 Å². The average Bonchev–Trinajstić information content (AvgIpc) is 2.64. The fraction of sp³-hybridized carbons (Fsp3) is 0.632. The second-order valence-corrected chi connectivity index (χ2v) is 6.59. The number of aliphatic imine (C=N–C) groups is 1. The van der Waals surface area contributed by atoms with Crippen molar-refractivity contribution in [1.29, 1.82) is 0 Å². The third-order valence-corrected chi connectivity index (χ3v) is 4.59. The van der Waals surface area contributed by atoms with Crippen LogP contribution in [0.25, 0.3) is 0 Å². The highest BCUT2D eigenvalue weighted by Gasteiger charge is 2.15. The lowest BCUT2D eigenvalue weighted by atomic mass is 10.0. The Bertz CT molecular complexity index is 568. The van der Waals surface area contributed by atoms with E-state index in [1.165, 1.54) is 25.9 Å². The number of likely N-dealkylation sites (tertiary alicyclic amines) is 1. The molecule has 1 aromatic carbocycles. The van der Waals surface area contributed by atoms with Crippen molar-refractivity contribution < 1.29 is 9.47 Å². The normalized spacial score (nSPS) is 18.0. The van der Waals surface area contributed by atoms with Crippen LogP contribution in [0.15, 0.2) is 23.2 Å². The molecule has 6 nitrogen and oxygen atoms in total. The predicted octanol–water partition coefficient (Wildman–Crippen LogP) is 2.72. The number of nitrogens with one attached hydrogen (secondary N) is 2. The van der Waals surface area contributed by atoms with E-state index in [4.69, 9.17) is 9.47 Å². The molecule has 148 valence electrons. The van der Waals surface area contributed by atoms with Gasteiger partial charge >= 0.3 is 0 Å². The first-order valence-corrected chi connectivity index (χ1v) is 9.04. The highest BCUT2D eigenvalue weighted by atomic mass is 127. The highest BCUT2D eigenvalue weighted by molar-refractivity contribution is 14.0. The van der Waals surface area contributed by atoms with E-state index in [0.29, 0.717) is 6.54 Å². The molecule has 1 fully saturated rings. The van der Waals surface area contributed by atoms with E-state index in [1.54, 1.807) is 21.3 Å². The van der Waals surface area contributed by atoms with Crippen molar-refractivity contribution in [2.45, 2.75) is 26.3 Å². The highest BCUT2D eigenvalue weighted by Crippen LogP contribution is 2.27. The minimum atomic E-state index is 0. The van der Waals surface area contributed by atoms with Gasteiger partial charge in [-0.05, 0) is 43.0 Å². The van der Waals surface area contributed by atoms with Crippen molar-refractivity contribution in [2.75, 3.05) is 47.4 Å². The van der Waals surface area contributed by atoms with Crippen molar-refractivity contribution in [3.05, 3.63) is 23.8 Å². The topological polar surface area (TPSA) is 58.1 Å². The first kappa shape index (κ1) is 22.8. The Balaban J connectivity index is 0.00000338. The summed E-state index contributed by atoms with van der Waals surface area (Å²) in [6, 6.07) is 5.93. The van der Waals surface area contributed by atoms with Crippen molar-refractivity contribution in [3.8, 4) is 11.5 Å². The fourth-order valence-electron chi connectivity index (χ4n) is 3.22. The van der Waals surface area contributed by atoms with Crippen molar-refractivity contribution in [2.24, 2.45) is 10.9 Å². The Morgan fingerprint density at radius 1 is 1.23 bits per heavy atom. The third-order valence-electron chi connectivity index (χ3n) is 4.59. The van der Waals surface area contributed by atoms with E-state index in [2.05, 4.69) is 27.4 Å². The van der Waals surface area contributed by atoms with Crippen molar-refractivity contribution in [1.82, 2.24) is 15.5 Å². The molecule has 1 atom stereocenters. The maximum absolute atomic E-state index is 5.35. The lowest BCUT2D eigenvalue weighted by molar-refractivity contribution is 0.187. The van der Waals surface area contributed by atoms with Crippen LogP contribution in [-0.2, 0) is 6.54 Å². The molecule has 2 N–H and O–H groups in total. The van der Waals surface area contributed by atoms with E-state index in [1.807, 2.05) is 18.2 Å². The summed E-state index contributed by atoms with van der Waals surface area (Å²) in [5.41, 5.74) is 1.12. The summed E-state index contributed by atoms with van der Waals surface area (Å²) < 4.78 is 10.6. The lowest BCUT2D eigenvalue weighted by Crippen LogP contribution is -2.43. The van der Waals surface area contributed by atoms with Crippen molar-refractivity contribution >= 4 is 29.9 Å². The number of hydrogen-bond donors (Lipinski definition) is 2. The summed E-state index contributed by atoms with van der Waals surface area (Å²) in [5.74, 6) is 3.12. The second kappa shape index (κ2) is 12.2. The molecule has 0 saturated carbocycles. The number of halogens is 1. The molecule has 0 radical (unpaired) electrons. The molecule has 0 amide bonds. The summed E-state index contributed by atoms with van der Waals surface area (Å²) in [7, 11) is 5.09. The molecule has 1 heterocycles. The number of rotatable bonds is 7. The first-order chi connectivity index (χ1) is 12.2. The molecule has 0 bridgehead atoms. The first-order valence-electron chi connectivity index (χ1n) is 9.04. The van der Waals surface area contributed by atoms with Crippen LogP contribution in [0.4, 0.5) is 0 Å². The van der Waals surface area contributed by atoms with Gasteiger partial charge in [0.25, 0.3) is 0 Å². The van der Waals surface area contributed by atoms with Gasteiger partial charge in [-0.2, -0.15) is 0 Å². The Labute approximate surface area is 174 Å². The molecule has 0 aromatic heterocycles. The number of guanidine groups is 1. The minimum absolute atomic E-state index is 0. The standard InChI is InChI=1S/C19H32N4O2.HI/c1-15-6-5-10-23(14-15)11-9-21-19(20-2)22-13-16-7-8-17(24-3)18(12-16)25-4;/h7-8,12,15H,5-6,9-11,13-14H2,1-4H3,(H2,20,21,22);1H. The van der Waals surface area contributed by atoms with Gasteiger partial charge in [-0.25, -0.2) is 0 Å². The Morgan fingerprint density at radius 2 is 2.00 bits per heavy atom. The Hall–Kier alpha value is -1.22. The van der Waals surface area contributed by atoms with Crippen LogP contribution in [0.5, 0.6) is 11.5 Å². The molecule has 1 unspecified atom stereocenters. The van der Waals surface area contributed by atoms with Gasteiger partial charge in [0.2, 0.25) is 0 Å². The number of hydrogen-bond acceptors (Lipinski definition) is 4. The van der Waals surface area contributed by atoms with Crippen LogP contribution >= 0.6 is 24.0 Å². The Morgan fingerprint density at radius 3 is 2.65 bits per heavy atom. The third kappa shape index (κ3) is 7.19. The summed E-state index contributed by atoms with van der Waals surface area (Å²) >= 11 is 0. The smallest absolute Gasteiger partial charge is 0.191 e. The van der Waals surface area contributed by atoms with Gasteiger partial charge in [-0.15, -0.1) is 24.0 Å². The predicted molar refractivity (Wildman–Crippen MR) is 118 cm³/mol. The summed E-state index contributed by atoms with van der Waals surface area (Å²) in [4.78, 5) is 6.83. The molecule has 1 saturated heterocycles. The Kier molecular flexibility index (Phi) is 10.7. The number of methoxy groups -OCH3 is 2. The minimum Gasteiger partial charge on any atom is -0.493 e. The van der Waals surface area contributed by atoms with Gasteiger partial charge in [0, 0.05) is 33.2 Å². The molecule has 1 aliphatic rings. The maximum Gasteiger partial charge on any atom is 0.191 e. The van der Waals surface area contributed by atoms with Gasteiger partial charge in [-0.3, -0.25) is 4.99 Å². The fourth-order valence-corrected chi connectivity index (χ4v) is 3.22. The number of ether oxygens (including phenoxy) is 2. The molecule has 2 rings (SSSR count).